The number of nitrogens with one attached hydrogen (secondary N) is 2. The topological polar surface area (TPSA) is 60.0 Å². The van der Waals surface area contributed by atoms with Crippen molar-refractivity contribution >= 4 is 17.6 Å². The molecule has 1 aromatic carbocycles. The second-order valence-electron chi connectivity index (χ2n) is 5.99. The number of benzene rings is 1. The summed E-state index contributed by atoms with van der Waals surface area (Å²) in [7, 11) is 3.54. The minimum Gasteiger partial charge on any atom is -0.372 e. The molecule has 0 aliphatic rings. The van der Waals surface area contributed by atoms with E-state index in [1.807, 2.05) is 13.0 Å². The van der Waals surface area contributed by atoms with Crippen molar-refractivity contribution < 1.29 is 4.79 Å². The standard InChI is InChI=1S/C19H33N5O/c1-5-20-19(22-15-13-18(25)23(3)4)21-14-10-16-24(6-2)17-11-8-7-9-12-17/h7-9,11-12H,5-6,10,13-16H2,1-4H3,(H2,20,21,22). The van der Waals surface area contributed by atoms with Crippen molar-refractivity contribution in [1.29, 1.82) is 0 Å². The van der Waals surface area contributed by atoms with Gasteiger partial charge in [-0.05, 0) is 32.4 Å². The van der Waals surface area contributed by atoms with Crippen LogP contribution in [0.1, 0.15) is 26.7 Å². The zero-order chi connectivity index (χ0) is 18.5. The van der Waals surface area contributed by atoms with E-state index < -0.39 is 0 Å². The largest absolute Gasteiger partial charge is 0.372 e. The van der Waals surface area contributed by atoms with Crippen LogP contribution in [-0.2, 0) is 4.79 Å². The average Bonchev–Trinajstić information content (AvgIpc) is 2.62. The Balaban J connectivity index is 2.39. The summed E-state index contributed by atoms with van der Waals surface area (Å²) < 4.78 is 0. The number of para-hydroxylation sites is 1. The lowest BCUT2D eigenvalue weighted by Gasteiger charge is -2.22. The van der Waals surface area contributed by atoms with Crippen molar-refractivity contribution in [2.75, 3.05) is 51.7 Å². The Labute approximate surface area is 152 Å². The van der Waals surface area contributed by atoms with Gasteiger partial charge in [-0.1, -0.05) is 18.2 Å². The molecule has 0 saturated carbocycles. The maximum absolute atomic E-state index is 11.6. The van der Waals surface area contributed by atoms with Gasteiger partial charge in [0.25, 0.3) is 0 Å². The van der Waals surface area contributed by atoms with Crippen LogP contribution in [0.3, 0.4) is 0 Å². The first kappa shape index (κ1) is 20.8. The Hall–Kier alpha value is -2.24. The molecule has 140 valence electrons. The Morgan fingerprint density at radius 1 is 1.12 bits per heavy atom. The van der Waals surface area contributed by atoms with Gasteiger partial charge in [0.2, 0.25) is 5.91 Å². The van der Waals surface area contributed by atoms with Gasteiger partial charge in [-0.15, -0.1) is 0 Å². The molecule has 6 heteroatoms. The predicted octanol–water partition coefficient (Wildman–Crippen LogP) is 1.94. The molecule has 0 atom stereocenters. The third-order valence-electron chi connectivity index (χ3n) is 3.83. The van der Waals surface area contributed by atoms with Crippen LogP contribution in [0.15, 0.2) is 35.3 Å². The lowest BCUT2D eigenvalue weighted by molar-refractivity contribution is -0.128. The number of nitrogens with zero attached hydrogens (tertiary/aromatic N) is 3. The van der Waals surface area contributed by atoms with E-state index >= 15 is 0 Å². The predicted molar refractivity (Wildman–Crippen MR) is 106 cm³/mol. The third kappa shape index (κ3) is 8.42. The van der Waals surface area contributed by atoms with Crippen LogP contribution < -0.4 is 15.5 Å². The van der Waals surface area contributed by atoms with Crippen LogP contribution in [0.5, 0.6) is 0 Å². The van der Waals surface area contributed by atoms with Crippen LogP contribution in [0.4, 0.5) is 5.69 Å². The number of hydrogen-bond acceptors (Lipinski definition) is 3. The first-order valence-corrected chi connectivity index (χ1v) is 9.10. The fourth-order valence-corrected chi connectivity index (χ4v) is 2.41. The highest BCUT2D eigenvalue weighted by atomic mass is 16.2. The number of anilines is 1. The van der Waals surface area contributed by atoms with Gasteiger partial charge in [0.05, 0.1) is 0 Å². The molecule has 1 rings (SSSR count). The van der Waals surface area contributed by atoms with Crippen molar-refractivity contribution in [3.05, 3.63) is 30.3 Å². The molecule has 0 spiro atoms. The lowest BCUT2D eigenvalue weighted by atomic mass is 10.2. The fourth-order valence-electron chi connectivity index (χ4n) is 2.41. The van der Waals surface area contributed by atoms with E-state index in [1.54, 1.807) is 19.0 Å². The second kappa shape index (κ2) is 12.2. The monoisotopic (exact) mass is 347 g/mol. The summed E-state index contributed by atoms with van der Waals surface area (Å²) in [5.41, 5.74) is 1.25. The number of aliphatic imine (C=N–C) groups is 1. The van der Waals surface area contributed by atoms with Crippen molar-refractivity contribution in [2.45, 2.75) is 26.7 Å². The summed E-state index contributed by atoms with van der Waals surface area (Å²) in [5.74, 6) is 0.890. The van der Waals surface area contributed by atoms with Gasteiger partial charge in [0.1, 0.15) is 0 Å². The first-order chi connectivity index (χ1) is 12.1. The van der Waals surface area contributed by atoms with E-state index in [1.165, 1.54) is 5.69 Å². The molecule has 25 heavy (non-hydrogen) atoms. The summed E-state index contributed by atoms with van der Waals surface area (Å²) in [4.78, 5) is 20.2. The summed E-state index contributed by atoms with van der Waals surface area (Å²) in [6.07, 6.45) is 1.45. The SMILES string of the molecule is CCNC(=NCCCN(CC)c1ccccc1)NCCC(=O)N(C)C. The van der Waals surface area contributed by atoms with E-state index in [0.717, 1.165) is 38.6 Å². The van der Waals surface area contributed by atoms with E-state index in [0.29, 0.717) is 13.0 Å². The molecule has 0 radical (unpaired) electrons. The highest BCUT2D eigenvalue weighted by Crippen LogP contribution is 2.12. The minimum absolute atomic E-state index is 0.116. The molecule has 1 aromatic rings. The zero-order valence-corrected chi connectivity index (χ0v) is 16.1. The number of amides is 1. The molecular weight excluding hydrogens is 314 g/mol. The second-order valence-corrected chi connectivity index (χ2v) is 5.99. The van der Waals surface area contributed by atoms with E-state index in [-0.39, 0.29) is 5.91 Å². The molecule has 0 heterocycles. The molecule has 6 nitrogen and oxygen atoms in total. The van der Waals surface area contributed by atoms with Crippen molar-refractivity contribution in [1.82, 2.24) is 15.5 Å². The molecule has 0 aliphatic heterocycles. The van der Waals surface area contributed by atoms with Crippen molar-refractivity contribution in [3.63, 3.8) is 0 Å². The van der Waals surface area contributed by atoms with Crippen LogP contribution in [0.25, 0.3) is 0 Å². The highest BCUT2D eigenvalue weighted by molar-refractivity contribution is 5.81. The Kier molecular flexibility index (Phi) is 10.1. The van der Waals surface area contributed by atoms with Gasteiger partial charge in [-0.25, -0.2) is 0 Å². The molecule has 0 saturated heterocycles. The van der Waals surface area contributed by atoms with E-state index in [9.17, 15) is 4.79 Å². The van der Waals surface area contributed by atoms with E-state index in [4.69, 9.17) is 0 Å². The zero-order valence-electron chi connectivity index (χ0n) is 16.1. The Morgan fingerprint density at radius 2 is 1.84 bits per heavy atom. The molecule has 1 amide bonds. The van der Waals surface area contributed by atoms with E-state index in [2.05, 4.69) is 51.7 Å². The maximum atomic E-state index is 11.6. The van der Waals surface area contributed by atoms with Gasteiger partial charge in [0, 0.05) is 58.9 Å². The van der Waals surface area contributed by atoms with Gasteiger partial charge in [-0.3, -0.25) is 9.79 Å². The molecule has 0 fully saturated rings. The number of hydrogen-bond donors (Lipinski definition) is 2. The van der Waals surface area contributed by atoms with Gasteiger partial charge >= 0.3 is 0 Å². The average molecular weight is 348 g/mol. The molecular formula is C19H33N5O. The summed E-state index contributed by atoms with van der Waals surface area (Å²) in [5, 5.41) is 6.44. The highest BCUT2D eigenvalue weighted by Gasteiger charge is 2.05. The van der Waals surface area contributed by atoms with Gasteiger partial charge in [-0.2, -0.15) is 0 Å². The fraction of sp³-hybridized carbons (Fsp3) is 0.579. The summed E-state index contributed by atoms with van der Waals surface area (Å²) >= 11 is 0. The van der Waals surface area contributed by atoms with Gasteiger partial charge < -0.3 is 20.4 Å². The quantitative estimate of drug-likeness (QED) is 0.386. The van der Waals surface area contributed by atoms with Crippen LogP contribution in [0.2, 0.25) is 0 Å². The minimum atomic E-state index is 0.116. The van der Waals surface area contributed by atoms with Gasteiger partial charge in [0.15, 0.2) is 5.96 Å². The Bertz CT molecular complexity index is 516. The summed E-state index contributed by atoms with van der Waals surface area (Å²) in [6, 6.07) is 10.5. The van der Waals surface area contributed by atoms with Crippen molar-refractivity contribution in [2.24, 2.45) is 4.99 Å². The number of rotatable bonds is 10. The molecule has 0 aliphatic carbocycles. The van der Waals surface area contributed by atoms with Crippen LogP contribution >= 0.6 is 0 Å². The molecule has 0 unspecified atom stereocenters. The normalized spacial score (nSPS) is 11.1. The molecule has 0 aromatic heterocycles. The number of guanidine groups is 1. The number of carbonyl (C=O) groups excluding carboxylic acids is 1. The molecule has 0 bridgehead atoms. The van der Waals surface area contributed by atoms with Crippen molar-refractivity contribution in [3.8, 4) is 0 Å². The third-order valence-corrected chi connectivity index (χ3v) is 3.83. The molecule has 2 N–H and O–H groups in total. The summed E-state index contributed by atoms with van der Waals surface area (Å²) in [6.45, 7) is 8.31. The van der Waals surface area contributed by atoms with Crippen LogP contribution in [0, 0.1) is 0 Å². The maximum Gasteiger partial charge on any atom is 0.223 e. The van der Waals surface area contributed by atoms with Crippen LogP contribution in [-0.4, -0.2) is 63.6 Å². The Morgan fingerprint density at radius 3 is 2.44 bits per heavy atom. The smallest absolute Gasteiger partial charge is 0.223 e. The first-order valence-electron chi connectivity index (χ1n) is 9.10. The number of carbonyl (C=O) groups is 1. The lowest BCUT2D eigenvalue weighted by Crippen LogP contribution is -2.39.